The summed E-state index contributed by atoms with van der Waals surface area (Å²) in [5.74, 6) is 0.226. The summed E-state index contributed by atoms with van der Waals surface area (Å²) in [5, 5.41) is 4.20. The Labute approximate surface area is 121 Å². The van der Waals surface area contributed by atoms with Crippen LogP contribution in [0, 0.1) is 5.92 Å². The standard InChI is InChI=1S/C14H25N3O2S/c1-4-11-9-13(17(2)16-11)14(15)10-6-5-7-12(8-10)20(3,18)19/h9-10,12,14H,4-8,15H2,1-3H3. The van der Waals surface area contributed by atoms with E-state index in [1.807, 2.05) is 11.7 Å². The Morgan fingerprint density at radius 1 is 1.50 bits per heavy atom. The van der Waals surface area contributed by atoms with Gasteiger partial charge < -0.3 is 5.73 Å². The molecule has 6 heteroatoms. The van der Waals surface area contributed by atoms with Crippen molar-refractivity contribution in [2.24, 2.45) is 18.7 Å². The maximum atomic E-state index is 11.7. The van der Waals surface area contributed by atoms with Gasteiger partial charge in [-0.15, -0.1) is 0 Å². The third kappa shape index (κ3) is 3.23. The Balaban J connectivity index is 2.16. The van der Waals surface area contributed by atoms with Gasteiger partial charge in [0.05, 0.1) is 16.6 Å². The maximum absolute atomic E-state index is 11.7. The van der Waals surface area contributed by atoms with Crippen LogP contribution in [0.25, 0.3) is 0 Å². The molecule has 3 atom stereocenters. The third-order valence-electron chi connectivity index (χ3n) is 4.45. The Hall–Kier alpha value is -0.880. The molecule has 0 radical (unpaired) electrons. The molecule has 2 rings (SSSR count). The van der Waals surface area contributed by atoms with E-state index in [4.69, 9.17) is 5.73 Å². The largest absolute Gasteiger partial charge is 0.322 e. The first kappa shape index (κ1) is 15.5. The fraction of sp³-hybridized carbons (Fsp3) is 0.786. The Morgan fingerprint density at radius 2 is 2.20 bits per heavy atom. The first-order valence-electron chi connectivity index (χ1n) is 7.30. The second-order valence-electron chi connectivity index (χ2n) is 5.94. The average molecular weight is 299 g/mol. The number of rotatable bonds is 4. The van der Waals surface area contributed by atoms with Gasteiger partial charge in [0.1, 0.15) is 9.84 Å². The predicted octanol–water partition coefficient (Wildman–Crippen LogP) is 1.59. The molecule has 0 amide bonds. The number of sulfone groups is 1. The summed E-state index contributed by atoms with van der Waals surface area (Å²) >= 11 is 0. The van der Waals surface area contributed by atoms with E-state index in [0.717, 1.165) is 37.1 Å². The van der Waals surface area contributed by atoms with Crippen molar-refractivity contribution in [3.63, 3.8) is 0 Å². The molecule has 0 aromatic carbocycles. The molecule has 1 fully saturated rings. The van der Waals surface area contributed by atoms with Gasteiger partial charge in [0.2, 0.25) is 0 Å². The molecule has 1 saturated carbocycles. The number of aromatic nitrogens is 2. The molecule has 2 N–H and O–H groups in total. The van der Waals surface area contributed by atoms with Crippen LogP contribution in [-0.2, 0) is 23.3 Å². The summed E-state index contributed by atoms with van der Waals surface area (Å²) in [4.78, 5) is 0. The molecule has 0 aliphatic heterocycles. The van der Waals surface area contributed by atoms with Crippen LogP contribution in [0.4, 0.5) is 0 Å². The second kappa shape index (κ2) is 5.85. The molecule has 0 bridgehead atoms. The Bertz CT molecular complexity index is 565. The van der Waals surface area contributed by atoms with Gasteiger partial charge >= 0.3 is 0 Å². The minimum Gasteiger partial charge on any atom is -0.322 e. The minimum atomic E-state index is -2.96. The fourth-order valence-corrected chi connectivity index (χ4v) is 4.36. The molecular weight excluding hydrogens is 274 g/mol. The van der Waals surface area contributed by atoms with Crippen molar-refractivity contribution in [3.8, 4) is 0 Å². The van der Waals surface area contributed by atoms with E-state index < -0.39 is 9.84 Å². The smallest absolute Gasteiger partial charge is 0.150 e. The van der Waals surface area contributed by atoms with E-state index >= 15 is 0 Å². The lowest BCUT2D eigenvalue weighted by Gasteiger charge is -2.31. The molecule has 3 unspecified atom stereocenters. The lowest BCUT2D eigenvalue weighted by molar-refractivity contribution is 0.301. The Kier molecular flexibility index (Phi) is 4.54. The van der Waals surface area contributed by atoms with Crippen LogP contribution >= 0.6 is 0 Å². The summed E-state index contributed by atoms with van der Waals surface area (Å²) < 4.78 is 25.3. The molecule has 1 aromatic heterocycles. The highest BCUT2D eigenvalue weighted by Gasteiger charge is 2.33. The monoisotopic (exact) mass is 299 g/mol. The molecule has 5 nitrogen and oxygen atoms in total. The van der Waals surface area contributed by atoms with Crippen molar-refractivity contribution >= 4 is 9.84 Å². The van der Waals surface area contributed by atoms with Gasteiger partial charge in [-0.25, -0.2) is 8.42 Å². The van der Waals surface area contributed by atoms with Gasteiger partial charge in [-0.05, 0) is 37.7 Å². The van der Waals surface area contributed by atoms with E-state index in [0.29, 0.717) is 6.42 Å². The van der Waals surface area contributed by atoms with Crippen LogP contribution in [0.1, 0.15) is 50.0 Å². The molecule has 0 saturated heterocycles. The first-order valence-corrected chi connectivity index (χ1v) is 9.25. The zero-order valence-electron chi connectivity index (χ0n) is 12.5. The van der Waals surface area contributed by atoms with Crippen LogP contribution in [0.3, 0.4) is 0 Å². The van der Waals surface area contributed by atoms with Crippen molar-refractivity contribution in [3.05, 3.63) is 17.5 Å². The zero-order chi connectivity index (χ0) is 14.9. The highest BCUT2D eigenvalue weighted by molar-refractivity contribution is 7.91. The molecule has 0 spiro atoms. The topological polar surface area (TPSA) is 78.0 Å². The Morgan fingerprint density at radius 3 is 2.75 bits per heavy atom. The molecule has 1 aliphatic rings. The summed E-state index contributed by atoms with van der Waals surface area (Å²) in [6.45, 7) is 2.07. The molecule has 1 aromatic rings. The van der Waals surface area contributed by atoms with Crippen LogP contribution in [-0.4, -0.2) is 29.7 Å². The molecule has 1 heterocycles. The van der Waals surface area contributed by atoms with Gasteiger partial charge in [0.15, 0.2) is 0 Å². The van der Waals surface area contributed by atoms with Crippen molar-refractivity contribution in [1.82, 2.24) is 9.78 Å². The highest BCUT2D eigenvalue weighted by Crippen LogP contribution is 2.35. The average Bonchev–Trinajstić information content (AvgIpc) is 2.78. The van der Waals surface area contributed by atoms with Crippen molar-refractivity contribution < 1.29 is 8.42 Å². The van der Waals surface area contributed by atoms with Gasteiger partial charge in [-0.3, -0.25) is 4.68 Å². The summed E-state index contributed by atoms with van der Waals surface area (Å²) in [6, 6.07) is 1.92. The number of aryl methyl sites for hydroxylation is 2. The SMILES string of the molecule is CCc1cc(C(N)C2CCCC(S(C)(=O)=O)C2)n(C)n1. The number of nitrogens with zero attached hydrogens (tertiary/aromatic N) is 2. The van der Waals surface area contributed by atoms with Crippen molar-refractivity contribution in [2.45, 2.75) is 50.3 Å². The van der Waals surface area contributed by atoms with Gasteiger partial charge in [-0.2, -0.15) is 5.10 Å². The van der Waals surface area contributed by atoms with E-state index in [-0.39, 0.29) is 17.2 Å². The van der Waals surface area contributed by atoms with Crippen LogP contribution in [0.15, 0.2) is 6.07 Å². The molecule has 114 valence electrons. The van der Waals surface area contributed by atoms with E-state index in [9.17, 15) is 8.42 Å². The van der Waals surface area contributed by atoms with E-state index in [2.05, 4.69) is 18.1 Å². The van der Waals surface area contributed by atoms with Crippen LogP contribution in [0.2, 0.25) is 0 Å². The molecule has 20 heavy (non-hydrogen) atoms. The quantitative estimate of drug-likeness (QED) is 0.915. The van der Waals surface area contributed by atoms with E-state index in [1.165, 1.54) is 6.26 Å². The number of hydrogen-bond acceptors (Lipinski definition) is 4. The van der Waals surface area contributed by atoms with E-state index in [1.54, 1.807) is 0 Å². The number of nitrogens with two attached hydrogens (primary N) is 1. The third-order valence-corrected chi connectivity index (χ3v) is 6.09. The normalized spacial score (nSPS) is 25.6. The first-order chi connectivity index (χ1) is 9.32. The van der Waals surface area contributed by atoms with Gasteiger partial charge in [0.25, 0.3) is 0 Å². The summed E-state index contributed by atoms with van der Waals surface area (Å²) in [5.41, 5.74) is 8.44. The van der Waals surface area contributed by atoms with Gasteiger partial charge in [-0.1, -0.05) is 13.3 Å². The van der Waals surface area contributed by atoms with Crippen molar-refractivity contribution in [1.29, 1.82) is 0 Å². The summed E-state index contributed by atoms with van der Waals surface area (Å²) in [6.07, 6.45) is 5.61. The highest BCUT2D eigenvalue weighted by atomic mass is 32.2. The predicted molar refractivity (Wildman–Crippen MR) is 80.1 cm³/mol. The summed E-state index contributed by atoms with van der Waals surface area (Å²) in [7, 11) is -1.05. The van der Waals surface area contributed by atoms with Crippen molar-refractivity contribution in [2.75, 3.05) is 6.26 Å². The van der Waals surface area contributed by atoms with Crippen LogP contribution < -0.4 is 5.73 Å². The van der Waals surface area contributed by atoms with Crippen LogP contribution in [0.5, 0.6) is 0 Å². The lowest BCUT2D eigenvalue weighted by Crippen LogP contribution is -2.33. The fourth-order valence-electron chi connectivity index (χ4n) is 3.17. The maximum Gasteiger partial charge on any atom is 0.150 e. The van der Waals surface area contributed by atoms with Gasteiger partial charge in [0, 0.05) is 19.3 Å². The molecule has 1 aliphatic carbocycles. The lowest BCUT2D eigenvalue weighted by atomic mass is 9.82. The zero-order valence-corrected chi connectivity index (χ0v) is 13.4. The second-order valence-corrected chi connectivity index (χ2v) is 8.27. The molecular formula is C14H25N3O2S. The minimum absolute atomic E-state index is 0.127. The number of hydrogen-bond donors (Lipinski definition) is 1.